The van der Waals surface area contributed by atoms with Crippen LogP contribution in [0.2, 0.25) is 0 Å². The van der Waals surface area contributed by atoms with Gasteiger partial charge in [-0.2, -0.15) is 0 Å². The van der Waals surface area contributed by atoms with Crippen LogP contribution >= 0.6 is 0 Å². The van der Waals surface area contributed by atoms with Crippen LogP contribution in [0.4, 0.5) is 85.8 Å². The molecule has 3 aliphatic rings. The van der Waals surface area contributed by atoms with Crippen molar-refractivity contribution in [3.63, 3.8) is 0 Å². The zero-order chi connectivity index (χ0) is 94.2. The van der Waals surface area contributed by atoms with Crippen LogP contribution in [-0.2, 0) is 16.2 Å². The second kappa shape index (κ2) is 35.1. The van der Waals surface area contributed by atoms with Crippen LogP contribution in [0.1, 0.15) is 94.6 Å². The van der Waals surface area contributed by atoms with Crippen LogP contribution in [0.25, 0.3) is 73.9 Å². The molecule has 0 radical (unpaired) electrons. The Labute approximate surface area is 808 Å². The van der Waals surface area contributed by atoms with E-state index in [9.17, 15) is 0 Å². The van der Waals surface area contributed by atoms with Crippen molar-refractivity contribution in [1.82, 2.24) is 0 Å². The molecule has 2 unspecified atom stereocenters. The van der Waals surface area contributed by atoms with E-state index in [4.69, 9.17) is 0 Å². The van der Waals surface area contributed by atoms with Crippen molar-refractivity contribution < 1.29 is 17.6 Å². The molecule has 23 rings (SSSR count). The van der Waals surface area contributed by atoms with Gasteiger partial charge in [0.2, 0.25) is 0 Å². The van der Waals surface area contributed by atoms with Crippen LogP contribution < -0.4 is 19.6 Å². The summed E-state index contributed by atoms with van der Waals surface area (Å²) >= 11 is 0. The van der Waals surface area contributed by atoms with Crippen molar-refractivity contribution in [3.8, 4) is 55.6 Å². The smallest absolute Gasteiger partial charge is 0.123 e. The van der Waals surface area contributed by atoms with E-state index in [1.165, 1.54) is 24.3 Å². The predicted molar refractivity (Wildman–Crippen MR) is 568 cm³/mol. The van der Waals surface area contributed by atoms with Gasteiger partial charge in [-0.25, -0.2) is 17.6 Å². The van der Waals surface area contributed by atoms with E-state index in [1.54, 1.807) is 24.3 Å². The van der Waals surface area contributed by atoms with Gasteiger partial charge in [-0.15, -0.1) is 0 Å². The number of benzene rings is 20. The lowest BCUT2D eigenvalue weighted by Gasteiger charge is -2.37. The van der Waals surface area contributed by atoms with Gasteiger partial charge in [0.05, 0.1) is 16.2 Å². The number of fused-ring (bicyclic) bond motifs is 9. The van der Waals surface area contributed by atoms with Gasteiger partial charge in [-0.1, -0.05) is 317 Å². The van der Waals surface area contributed by atoms with E-state index in [2.05, 4.69) is 411 Å². The fourth-order valence-electron chi connectivity index (χ4n) is 22.2. The van der Waals surface area contributed by atoms with E-state index in [-0.39, 0.29) is 23.3 Å². The lowest BCUT2D eigenvalue weighted by atomic mass is 9.66. The second-order valence-electron chi connectivity index (χ2n) is 36.2. The molecule has 4 nitrogen and oxygen atoms in total. The predicted octanol–water partition coefficient (Wildman–Crippen LogP) is 35.1. The molecule has 20 aromatic carbocycles. The Balaban J connectivity index is 0.599. The summed E-state index contributed by atoms with van der Waals surface area (Å²) in [4.78, 5) is 9.05. The molecule has 2 atom stereocenters. The van der Waals surface area contributed by atoms with Gasteiger partial charge in [0.15, 0.2) is 0 Å². The van der Waals surface area contributed by atoms with Crippen LogP contribution in [0.5, 0.6) is 0 Å². The molecule has 139 heavy (non-hydrogen) atoms. The van der Waals surface area contributed by atoms with Crippen molar-refractivity contribution in [2.75, 3.05) is 19.6 Å². The zero-order valence-electron chi connectivity index (χ0n) is 76.6. The first-order chi connectivity index (χ1) is 68.2. The third-order valence-electron chi connectivity index (χ3n) is 28.7. The first kappa shape index (κ1) is 85.7. The molecular weight excluding hydrogens is 1710 g/mol. The molecule has 0 aliphatic heterocycles. The van der Waals surface area contributed by atoms with Gasteiger partial charge >= 0.3 is 0 Å². The molecular formula is C131H92F4N4. The van der Waals surface area contributed by atoms with Gasteiger partial charge in [0, 0.05) is 68.2 Å². The van der Waals surface area contributed by atoms with E-state index >= 15 is 17.6 Å². The van der Waals surface area contributed by atoms with E-state index < -0.39 is 16.2 Å². The van der Waals surface area contributed by atoms with Gasteiger partial charge in [-0.05, 0) is 353 Å². The van der Waals surface area contributed by atoms with Crippen LogP contribution in [-0.4, -0.2) is 0 Å². The minimum absolute atomic E-state index is 0.295. The Bertz CT molecular complexity index is 7680. The minimum atomic E-state index is -0.966. The quantitative estimate of drug-likeness (QED) is 0.0592. The normalized spacial score (nSPS) is 15.0. The third-order valence-corrected chi connectivity index (χ3v) is 28.7. The fraction of sp³-hybridized carbons (Fsp3) is 0.0382. The number of anilines is 12. The summed E-state index contributed by atoms with van der Waals surface area (Å²) in [6.45, 7) is 16.7. The van der Waals surface area contributed by atoms with Gasteiger partial charge in [0.25, 0.3) is 0 Å². The second-order valence-corrected chi connectivity index (χ2v) is 36.2. The molecule has 0 spiro atoms. The van der Waals surface area contributed by atoms with E-state index in [0.29, 0.717) is 0 Å². The van der Waals surface area contributed by atoms with Crippen LogP contribution in [0.3, 0.4) is 0 Å². The number of para-hydroxylation sites is 2. The highest BCUT2D eigenvalue weighted by Crippen LogP contribution is 2.63. The number of hydrogen-bond donors (Lipinski definition) is 0. The number of nitrogens with zero attached hydrogens (tertiary/aromatic N) is 4. The molecule has 664 valence electrons. The summed E-state index contributed by atoms with van der Waals surface area (Å²) in [5, 5.41) is 0. The Hall–Kier alpha value is -17.5. The van der Waals surface area contributed by atoms with Crippen molar-refractivity contribution in [2.24, 2.45) is 0 Å². The molecule has 0 N–H and O–H groups in total. The summed E-state index contributed by atoms with van der Waals surface area (Å²) in [7, 11) is 0. The highest BCUT2D eigenvalue weighted by molar-refractivity contribution is 5.96. The van der Waals surface area contributed by atoms with Gasteiger partial charge in [-0.3, -0.25) is 0 Å². The molecule has 0 amide bonds. The monoisotopic (exact) mass is 1800 g/mol. The minimum Gasteiger partial charge on any atom is -0.310 e. The lowest BCUT2D eigenvalue weighted by molar-refractivity contribution is 0.624. The summed E-state index contributed by atoms with van der Waals surface area (Å²) in [6.07, 6.45) is 5.60. The SMILES string of the molecule is C=Cc1ccc(C2(c3ccc(F)cc3)c3ccccc3-c3ccc(N(c4ccccc4)c4ccc(-c5ccc(N(c6ccc(F)cc6)c6ccc7c(c6)C(c6ccc(C=C)cc6)(c6cc(C)ccc6C)c6cc(N(c8ccc(F)cc8)c8ccc(-c9ccc(N(c%10ccccc%10)c%10ccc%11c(c%10)C(c%10ccc(F)cc%10)(c%10ccc(C=C)cc%10)c%10ccccc%10-%11)cc9)cc8)ccc6-7)cc5)cc4)cc32)cc1. The molecule has 3 aliphatic carbocycles. The van der Waals surface area contributed by atoms with E-state index in [0.717, 1.165) is 218 Å². The largest absolute Gasteiger partial charge is 0.310 e. The Morgan fingerprint density at radius 2 is 0.410 bits per heavy atom. The topological polar surface area (TPSA) is 13.0 Å². The van der Waals surface area contributed by atoms with Crippen molar-refractivity contribution in [1.29, 1.82) is 0 Å². The average Bonchev–Trinajstić information content (AvgIpc) is 1.54. The van der Waals surface area contributed by atoms with Crippen LogP contribution in [0, 0.1) is 37.1 Å². The molecule has 20 aromatic rings. The number of aryl methyl sites for hydroxylation is 2. The first-order valence-electron chi connectivity index (χ1n) is 47.0. The molecule has 0 fully saturated rings. The number of hydrogen-bond acceptors (Lipinski definition) is 4. The van der Waals surface area contributed by atoms with Crippen molar-refractivity contribution >= 4 is 86.5 Å². The summed E-state index contributed by atoms with van der Waals surface area (Å²) in [5.41, 5.74) is 36.9. The highest BCUT2D eigenvalue weighted by atomic mass is 19.1. The maximum atomic E-state index is 15.5. The standard InChI is InChI=1S/C131H92F4N4/c1-6-88-29-43-95(44-30-88)129(97-49-53-100(132)54-50-97)122-25-17-15-23-116(122)118-77-73-112(82-125(118)129)136(104-19-11-9-12-20-104)106-61-35-91(36-62-106)93-39-65-108(66-40-93)138(110-69-57-102(134)58-70-110)114-75-79-120-121-80-76-115(85-128(121)131(127(120)84-114,99-47-33-90(8-3)34-48-99)124-81-86(4)27-28-87(124)5)139(111-71-59-103(135)60-72-111)109-67-41-94(42-68-109)92-37-63-107(64-38-92)137(105-21-13-10-14-22-105)113-74-78-119-117-24-16-18-26-123(117)130(126(119)83-113,98-51-55-101(133)56-52-98)96-45-31-89(7-2)32-46-96/h6-85H,1-3H2,4-5H3. The third kappa shape index (κ3) is 14.5. The molecule has 0 bridgehead atoms. The van der Waals surface area contributed by atoms with Crippen molar-refractivity contribution in [2.45, 2.75) is 30.1 Å². The van der Waals surface area contributed by atoms with E-state index in [1.807, 2.05) is 78.9 Å². The number of halogens is 4. The maximum Gasteiger partial charge on any atom is 0.123 e. The maximum absolute atomic E-state index is 15.5. The number of rotatable bonds is 23. The molecule has 0 heterocycles. The first-order valence-corrected chi connectivity index (χ1v) is 47.0. The fourth-order valence-corrected chi connectivity index (χ4v) is 22.2. The lowest BCUT2D eigenvalue weighted by Crippen LogP contribution is -2.30. The average molecular weight is 1800 g/mol. The van der Waals surface area contributed by atoms with Crippen molar-refractivity contribution in [3.05, 3.63) is 605 Å². The van der Waals surface area contributed by atoms with Gasteiger partial charge < -0.3 is 19.6 Å². The summed E-state index contributed by atoms with van der Waals surface area (Å²) in [5.74, 6) is -1.28. The summed E-state index contributed by atoms with van der Waals surface area (Å²) < 4.78 is 61.2. The molecule has 0 saturated heterocycles. The van der Waals surface area contributed by atoms with Crippen LogP contribution in [0.15, 0.2) is 487 Å². The molecule has 8 heteroatoms. The van der Waals surface area contributed by atoms with Gasteiger partial charge in [0.1, 0.15) is 23.3 Å². The molecule has 0 saturated carbocycles. The highest BCUT2D eigenvalue weighted by Gasteiger charge is 2.51. The Kier molecular flexibility index (Phi) is 21.6. The Morgan fingerprint density at radius 1 is 0.187 bits per heavy atom. The zero-order valence-corrected chi connectivity index (χ0v) is 76.6. The Morgan fingerprint density at radius 3 is 0.698 bits per heavy atom. The molecule has 0 aromatic heterocycles. The summed E-state index contributed by atoms with van der Waals surface area (Å²) in [6, 6.07) is 160.